The first kappa shape index (κ1) is 19.4. The Kier molecular flexibility index (Phi) is 6.72. The minimum atomic E-state index is -0.422. The summed E-state index contributed by atoms with van der Waals surface area (Å²) in [5.41, 5.74) is 2.99. The zero-order chi connectivity index (χ0) is 19.1. The second-order valence-corrected chi connectivity index (χ2v) is 6.10. The number of halogens is 1. The van der Waals surface area contributed by atoms with Gasteiger partial charge in [-0.25, -0.2) is 4.39 Å². The molecule has 2 aromatic rings. The van der Waals surface area contributed by atoms with Crippen LogP contribution in [0.5, 0.6) is 5.75 Å². The summed E-state index contributed by atoms with van der Waals surface area (Å²) in [5, 5.41) is 5.28. The summed E-state index contributed by atoms with van der Waals surface area (Å²) >= 11 is 0. The van der Waals surface area contributed by atoms with Crippen molar-refractivity contribution in [3.63, 3.8) is 0 Å². The van der Waals surface area contributed by atoms with E-state index in [-0.39, 0.29) is 37.1 Å². The molecule has 26 heavy (non-hydrogen) atoms. The Morgan fingerprint density at radius 1 is 0.923 bits per heavy atom. The molecule has 0 atom stereocenters. The summed E-state index contributed by atoms with van der Waals surface area (Å²) in [5.74, 6) is -0.448. The fourth-order valence-electron chi connectivity index (χ4n) is 2.22. The second kappa shape index (κ2) is 8.99. The molecule has 0 unspecified atom stereocenters. The normalized spacial score (nSPS) is 10.3. The molecule has 0 aliphatic carbocycles. The van der Waals surface area contributed by atoms with Crippen LogP contribution in [0.4, 0.5) is 4.39 Å². The molecule has 6 heteroatoms. The monoisotopic (exact) mass is 358 g/mol. The van der Waals surface area contributed by atoms with Crippen LogP contribution in [0.15, 0.2) is 36.4 Å². The molecule has 0 aromatic heterocycles. The maximum atomic E-state index is 13.5. The number of ether oxygens (including phenoxy) is 1. The van der Waals surface area contributed by atoms with Crippen molar-refractivity contribution in [1.29, 1.82) is 0 Å². The Hall–Kier alpha value is -2.89. The highest BCUT2D eigenvalue weighted by atomic mass is 19.1. The molecule has 0 heterocycles. The number of hydrogen-bond acceptors (Lipinski definition) is 3. The van der Waals surface area contributed by atoms with Crippen LogP contribution in [0.1, 0.15) is 27.0 Å². The lowest BCUT2D eigenvalue weighted by atomic mass is 10.1. The van der Waals surface area contributed by atoms with E-state index in [1.165, 1.54) is 6.07 Å². The molecule has 0 aliphatic heterocycles. The lowest BCUT2D eigenvalue weighted by Gasteiger charge is -2.10. The van der Waals surface area contributed by atoms with Gasteiger partial charge in [0.25, 0.3) is 11.8 Å². The highest BCUT2D eigenvalue weighted by Crippen LogP contribution is 2.16. The van der Waals surface area contributed by atoms with Gasteiger partial charge in [0.1, 0.15) is 11.6 Å². The molecule has 2 rings (SSSR count). The number of amides is 2. The molecule has 138 valence electrons. The number of aryl methyl sites for hydroxylation is 3. The lowest BCUT2D eigenvalue weighted by molar-refractivity contribution is -0.123. The smallest absolute Gasteiger partial charge is 0.258 e. The number of nitrogens with one attached hydrogen (secondary N) is 2. The fraction of sp³-hybridized carbons (Fsp3) is 0.300. The summed E-state index contributed by atoms with van der Waals surface area (Å²) in [7, 11) is 0. The van der Waals surface area contributed by atoms with Crippen molar-refractivity contribution >= 4 is 11.8 Å². The molecule has 2 amide bonds. The third kappa shape index (κ3) is 5.58. The summed E-state index contributed by atoms with van der Waals surface area (Å²) in [4.78, 5) is 23.7. The number of carbonyl (C=O) groups is 2. The third-order valence-corrected chi connectivity index (χ3v) is 4.02. The fourth-order valence-corrected chi connectivity index (χ4v) is 2.22. The van der Waals surface area contributed by atoms with Gasteiger partial charge in [-0.05, 0) is 61.7 Å². The Labute approximate surface area is 152 Å². The van der Waals surface area contributed by atoms with Gasteiger partial charge in [-0.3, -0.25) is 9.59 Å². The topological polar surface area (TPSA) is 67.4 Å². The van der Waals surface area contributed by atoms with Crippen LogP contribution in [0.2, 0.25) is 0 Å². The van der Waals surface area contributed by atoms with Crippen LogP contribution in [-0.2, 0) is 4.79 Å². The number of carbonyl (C=O) groups excluding carboxylic acids is 2. The van der Waals surface area contributed by atoms with E-state index in [9.17, 15) is 14.0 Å². The van der Waals surface area contributed by atoms with Crippen LogP contribution in [0.3, 0.4) is 0 Å². The van der Waals surface area contributed by atoms with Crippen molar-refractivity contribution in [3.05, 3.63) is 64.5 Å². The van der Waals surface area contributed by atoms with Gasteiger partial charge in [0.15, 0.2) is 6.61 Å². The van der Waals surface area contributed by atoms with E-state index in [1.54, 1.807) is 19.1 Å². The van der Waals surface area contributed by atoms with Gasteiger partial charge in [0.2, 0.25) is 0 Å². The van der Waals surface area contributed by atoms with Gasteiger partial charge in [0, 0.05) is 18.7 Å². The van der Waals surface area contributed by atoms with E-state index in [0.29, 0.717) is 11.3 Å². The Bertz CT molecular complexity index is 806. The highest BCUT2D eigenvalue weighted by molar-refractivity contribution is 5.94. The third-order valence-electron chi connectivity index (χ3n) is 4.02. The number of benzene rings is 2. The van der Waals surface area contributed by atoms with Crippen LogP contribution >= 0.6 is 0 Å². The van der Waals surface area contributed by atoms with Gasteiger partial charge in [-0.2, -0.15) is 0 Å². The zero-order valence-electron chi connectivity index (χ0n) is 15.2. The van der Waals surface area contributed by atoms with Crippen molar-refractivity contribution < 1.29 is 18.7 Å². The molecule has 0 aliphatic rings. The highest BCUT2D eigenvalue weighted by Gasteiger charge is 2.08. The molecule has 0 saturated carbocycles. The standard InChI is InChI=1S/C20H23FN2O3/c1-13-5-7-17(10-15(13)3)26-12-19(24)22-8-9-23-20(25)16-6-4-14(2)18(21)11-16/h4-7,10-11H,8-9,12H2,1-3H3,(H,22,24)(H,23,25). The largest absolute Gasteiger partial charge is 0.484 e. The first-order valence-electron chi connectivity index (χ1n) is 8.38. The molecule has 2 N–H and O–H groups in total. The summed E-state index contributed by atoms with van der Waals surface area (Å²) in [6.45, 7) is 6.01. The van der Waals surface area contributed by atoms with Crippen molar-refractivity contribution in [2.24, 2.45) is 0 Å². The number of hydrogen-bond donors (Lipinski definition) is 2. The van der Waals surface area contributed by atoms with Gasteiger partial charge >= 0.3 is 0 Å². The average molecular weight is 358 g/mol. The molecule has 0 saturated heterocycles. The van der Waals surface area contributed by atoms with Gasteiger partial charge in [-0.1, -0.05) is 12.1 Å². The van der Waals surface area contributed by atoms with Crippen LogP contribution in [0, 0.1) is 26.6 Å². The molecule has 0 spiro atoms. The summed E-state index contributed by atoms with van der Waals surface area (Å²) < 4.78 is 18.9. The summed E-state index contributed by atoms with van der Waals surface area (Å²) in [6.07, 6.45) is 0. The Balaban J connectivity index is 1.68. The van der Waals surface area contributed by atoms with E-state index in [1.807, 2.05) is 32.0 Å². The maximum Gasteiger partial charge on any atom is 0.258 e. The van der Waals surface area contributed by atoms with E-state index in [2.05, 4.69) is 10.6 Å². The average Bonchev–Trinajstić information content (AvgIpc) is 2.61. The van der Waals surface area contributed by atoms with Crippen molar-refractivity contribution in [3.8, 4) is 5.75 Å². The quantitative estimate of drug-likeness (QED) is 0.748. The van der Waals surface area contributed by atoms with E-state index in [0.717, 1.165) is 11.1 Å². The van der Waals surface area contributed by atoms with Crippen LogP contribution < -0.4 is 15.4 Å². The Morgan fingerprint density at radius 2 is 1.62 bits per heavy atom. The minimum Gasteiger partial charge on any atom is -0.484 e. The van der Waals surface area contributed by atoms with E-state index in [4.69, 9.17) is 4.74 Å². The molecule has 5 nitrogen and oxygen atoms in total. The first-order chi connectivity index (χ1) is 12.4. The molecule has 0 radical (unpaired) electrons. The van der Waals surface area contributed by atoms with Crippen molar-refractivity contribution in [2.75, 3.05) is 19.7 Å². The van der Waals surface area contributed by atoms with Crippen LogP contribution in [0.25, 0.3) is 0 Å². The van der Waals surface area contributed by atoms with Crippen LogP contribution in [-0.4, -0.2) is 31.5 Å². The molecular formula is C20H23FN2O3. The second-order valence-electron chi connectivity index (χ2n) is 6.10. The number of rotatable bonds is 7. The Morgan fingerprint density at radius 3 is 2.31 bits per heavy atom. The van der Waals surface area contributed by atoms with E-state index >= 15 is 0 Å². The zero-order valence-corrected chi connectivity index (χ0v) is 15.2. The molecular weight excluding hydrogens is 335 g/mol. The van der Waals surface area contributed by atoms with E-state index < -0.39 is 5.82 Å². The molecule has 0 fully saturated rings. The van der Waals surface area contributed by atoms with Crippen molar-refractivity contribution in [1.82, 2.24) is 10.6 Å². The molecule has 2 aromatic carbocycles. The predicted octanol–water partition coefficient (Wildman–Crippen LogP) is 2.68. The van der Waals surface area contributed by atoms with Gasteiger partial charge < -0.3 is 15.4 Å². The lowest BCUT2D eigenvalue weighted by Crippen LogP contribution is -2.36. The maximum absolute atomic E-state index is 13.5. The SMILES string of the molecule is Cc1ccc(OCC(=O)NCCNC(=O)c2ccc(C)c(F)c2)cc1C. The first-order valence-corrected chi connectivity index (χ1v) is 8.38. The van der Waals surface area contributed by atoms with Crippen molar-refractivity contribution in [2.45, 2.75) is 20.8 Å². The predicted molar refractivity (Wildman–Crippen MR) is 97.9 cm³/mol. The van der Waals surface area contributed by atoms with Gasteiger partial charge in [0.05, 0.1) is 0 Å². The van der Waals surface area contributed by atoms with Gasteiger partial charge in [-0.15, -0.1) is 0 Å². The summed E-state index contributed by atoms with van der Waals surface area (Å²) in [6, 6.07) is 9.94. The molecule has 0 bridgehead atoms. The minimum absolute atomic E-state index is 0.0976.